The molecule has 0 atom stereocenters. The number of hydrogen-bond acceptors (Lipinski definition) is 2. The molecule has 0 saturated heterocycles. The lowest BCUT2D eigenvalue weighted by Crippen LogP contribution is -2.00. The van der Waals surface area contributed by atoms with Gasteiger partial charge in [0.05, 0.1) is 5.75 Å². The third-order valence-electron chi connectivity index (χ3n) is 1.13. The monoisotopic (exact) mass is 162 g/mol. The van der Waals surface area contributed by atoms with Crippen LogP contribution in [0.4, 0.5) is 0 Å². The molecule has 0 bridgehead atoms. The Labute approximate surface area is 62.9 Å². The molecular formula is C7H14O2S. The predicted octanol–water partition coefficient (Wildman–Crippen LogP) is 1.73. The molecule has 0 fully saturated rings. The minimum Gasteiger partial charge on any atom is -0.224 e. The Morgan fingerprint density at radius 1 is 1.40 bits per heavy atom. The number of allylic oxidation sites excluding steroid dienone is 1. The number of sulfone groups is 1. The molecule has 0 radical (unpaired) electrons. The topological polar surface area (TPSA) is 34.1 Å². The average Bonchev–Trinajstić information content (AvgIpc) is 1.84. The first-order valence-corrected chi connectivity index (χ1v) is 5.19. The molecule has 2 nitrogen and oxygen atoms in total. The molecule has 0 aromatic heterocycles. The molecule has 0 aliphatic heterocycles. The first-order chi connectivity index (χ1) is 4.62. The average molecular weight is 162 g/mol. The van der Waals surface area contributed by atoms with E-state index in [0.29, 0.717) is 0 Å². The van der Waals surface area contributed by atoms with Crippen LogP contribution in [0.1, 0.15) is 26.7 Å². The Morgan fingerprint density at radius 2 is 2.00 bits per heavy atom. The lowest BCUT2D eigenvalue weighted by Gasteiger charge is -1.93. The highest BCUT2D eigenvalue weighted by Gasteiger charge is 2.02. The van der Waals surface area contributed by atoms with Gasteiger partial charge in [-0.1, -0.05) is 19.4 Å². The second-order valence-electron chi connectivity index (χ2n) is 2.19. The van der Waals surface area contributed by atoms with Crippen LogP contribution < -0.4 is 0 Å². The summed E-state index contributed by atoms with van der Waals surface area (Å²) in [6, 6.07) is 0. The van der Waals surface area contributed by atoms with Crippen molar-refractivity contribution in [2.45, 2.75) is 26.7 Å². The van der Waals surface area contributed by atoms with Gasteiger partial charge in [-0.15, -0.1) is 0 Å². The third kappa shape index (κ3) is 4.56. The maximum absolute atomic E-state index is 10.9. The summed E-state index contributed by atoms with van der Waals surface area (Å²) in [7, 11) is -2.87. The zero-order chi connectivity index (χ0) is 8.04. The Bertz CT molecular complexity index is 190. The van der Waals surface area contributed by atoms with Crippen LogP contribution in [0.25, 0.3) is 0 Å². The van der Waals surface area contributed by atoms with Crippen LogP contribution in [0.3, 0.4) is 0 Å². The molecule has 60 valence electrons. The van der Waals surface area contributed by atoms with E-state index < -0.39 is 9.84 Å². The molecule has 10 heavy (non-hydrogen) atoms. The lowest BCUT2D eigenvalue weighted by molar-refractivity contribution is 0.601. The van der Waals surface area contributed by atoms with Gasteiger partial charge in [0.25, 0.3) is 0 Å². The Morgan fingerprint density at radius 3 is 2.40 bits per heavy atom. The van der Waals surface area contributed by atoms with E-state index in [2.05, 4.69) is 0 Å². The summed E-state index contributed by atoms with van der Waals surface area (Å²) in [5.41, 5.74) is 0. The normalized spacial score (nSPS) is 12.6. The van der Waals surface area contributed by atoms with Crippen LogP contribution in [0.2, 0.25) is 0 Å². The highest BCUT2D eigenvalue weighted by atomic mass is 32.2. The van der Waals surface area contributed by atoms with Gasteiger partial charge in [0.15, 0.2) is 9.84 Å². The molecule has 0 aromatic rings. The van der Waals surface area contributed by atoms with Crippen LogP contribution in [0, 0.1) is 0 Å². The van der Waals surface area contributed by atoms with E-state index >= 15 is 0 Å². The largest absolute Gasteiger partial charge is 0.224 e. The van der Waals surface area contributed by atoms with Crippen LogP contribution in [-0.4, -0.2) is 14.2 Å². The minimum absolute atomic E-state index is 0.286. The summed E-state index contributed by atoms with van der Waals surface area (Å²) in [5.74, 6) is 0.286. The van der Waals surface area contributed by atoms with E-state index in [9.17, 15) is 8.42 Å². The van der Waals surface area contributed by atoms with Crippen molar-refractivity contribution < 1.29 is 8.42 Å². The molecule has 0 N–H and O–H groups in total. The number of unbranched alkanes of at least 4 members (excludes halogenated alkanes) is 1. The Balaban J connectivity index is 3.89. The van der Waals surface area contributed by atoms with Gasteiger partial charge in [0.1, 0.15) is 0 Å². The fourth-order valence-corrected chi connectivity index (χ4v) is 1.86. The first kappa shape index (κ1) is 9.69. The van der Waals surface area contributed by atoms with Gasteiger partial charge in [0.2, 0.25) is 0 Å². The molecule has 0 amide bonds. The molecule has 0 aromatic carbocycles. The van der Waals surface area contributed by atoms with Crippen molar-refractivity contribution >= 4 is 9.84 Å². The summed E-state index contributed by atoms with van der Waals surface area (Å²) in [6.07, 6.45) is 3.24. The van der Waals surface area contributed by atoms with E-state index in [-0.39, 0.29) is 5.75 Å². The van der Waals surface area contributed by atoms with Gasteiger partial charge in [-0.25, -0.2) is 8.42 Å². The molecule has 0 rings (SSSR count). The van der Waals surface area contributed by atoms with Crippen molar-refractivity contribution in [3.63, 3.8) is 0 Å². The van der Waals surface area contributed by atoms with E-state index in [1.54, 1.807) is 13.0 Å². The van der Waals surface area contributed by atoms with Crippen LogP contribution in [0.15, 0.2) is 11.5 Å². The van der Waals surface area contributed by atoms with Crippen molar-refractivity contribution in [2.24, 2.45) is 0 Å². The zero-order valence-corrected chi connectivity index (χ0v) is 7.32. The van der Waals surface area contributed by atoms with Gasteiger partial charge in [-0.2, -0.15) is 0 Å². The smallest absolute Gasteiger partial charge is 0.171 e. The van der Waals surface area contributed by atoms with E-state index in [0.717, 1.165) is 12.8 Å². The first-order valence-electron chi connectivity index (χ1n) is 3.48. The maximum atomic E-state index is 10.9. The molecule has 0 unspecified atom stereocenters. The van der Waals surface area contributed by atoms with Crippen molar-refractivity contribution in [3.05, 3.63) is 11.5 Å². The van der Waals surface area contributed by atoms with Crippen molar-refractivity contribution in [3.8, 4) is 0 Å². The molecular weight excluding hydrogens is 148 g/mol. The van der Waals surface area contributed by atoms with E-state index in [1.807, 2.05) is 6.92 Å². The molecule has 3 heteroatoms. The van der Waals surface area contributed by atoms with E-state index in [1.165, 1.54) is 5.41 Å². The Kier molecular flexibility index (Phi) is 4.36. The Hall–Kier alpha value is -0.310. The summed E-state index contributed by atoms with van der Waals surface area (Å²) < 4.78 is 21.8. The minimum atomic E-state index is -2.87. The number of rotatable bonds is 4. The molecule has 0 aliphatic rings. The summed E-state index contributed by atoms with van der Waals surface area (Å²) in [5, 5.41) is 1.27. The summed E-state index contributed by atoms with van der Waals surface area (Å²) >= 11 is 0. The second kappa shape index (κ2) is 4.50. The SMILES string of the molecule is C/C=C/S(=O)(=O)CCCC. The van der Waals surface area contributed by atoms with Crippen molar-refractivity contribution in [2.75, 3.05) is 5.75 Å². The maximum Gasteiger partial charge on any atom is 0.171 e. The quantitative estimate of drug-likeness (QED) is 0.631. The second-order valence-corrected chi connectivity index (χ2v) is 4.20. The third-order valence-corrected chi connectivity index (χ3v) is 2.67. The van der Waals surface area contributed by atoms with Crippen LogP contribution in [0.5, 0.6) is 0 Å². The molecule has 0 aliphatic carbocycles. The van der Waals surface area contributed by atoms with Gasteiger partial charge in [-0.3, -0.25) is 0 Å². The lowest BCUT2D eigenvalue weighted by atomic mass is 10.4. The van der Waals surface area contributed by atoms with Crippen molar-refractivity contribution in [1.82, 2.24) is 0 Å². The predicted molar refractivity (Wildman–Crippen MR) is 43.5 cm³/mol. The molecule has 0 spiro atoms. The number of hydrogen-bond donors (Lipinski definition) is 0. The van der Waals surface area contributed by atoms with Crippen molar-refractivity contribution in [1.29, 1.82) is 0 Å². The van der Waals surface area contributed by atoms with Crippen LogP contribution in [-0.2, 0) is 9.84 Å². The van der Waals surface area contributed by atoms with Gasteiger partial charge >= 0.3 is 0 Å². The fraction of sp³-hybridized carbons (Fsp3) is 0.714. The highest BCUT2D eigenvalue weighted by molar-refractivity contribution is 7.94. The standard InChI is InChI=1S/C7H14O2S/c1-3-5-7-10(8,9)6-4-2/h4,6H,3,5,7H2,1-2H3/b6-4+. The van der Waals surface area contributed by atoms with Gasteiger partial charge in [0, 0.05) is 5.41 Å². The van der Waals surface area contributed by atoms with E-state index in [4.69, 9.17) is 0 Å². The van der Waals surface area contributed by atoms with Gasteiger partial charge < -0.3 is 0 Å². The molecule has 0 heterocycles. The molecule has 0 saturated carbocycles. The summed E-state index contributed by atoms with van der Waals surface area (Å²) in [6.45, 7) is 3.69. The summed E-state index contributed by atoms with van der Waals surface area (Å²) in [4.78, 5) is 0. The highest BCUT2D eigenvalue weighted by Crippen LogP contribution is 1.97. The zero-order valence-electron chi connectivity index (χ0n) is 6.50. The van der Waals surface area contributed by atoms with Crippen LogP contribution >= 0.6 is 0 Å². The van der Waals surface area contributed by atoms with Gasteiger partial charge in [-0.05, 0) is 13.3 Å². The fourth-order valence-electron chi connectivity index (χ4n) is 0.621.